The molecule has 0 heterocycles. The Kier molecular flexibility index (Phi) is 8.03. The van der Waals surface area contributed by atoms with Crippen LogP contribution in [0, 0.1) is 11.7 Å². The molecule has 0 radical (unpaired) electrons. The fourth-order valence-corrected chi connectivity index (χ4v) is 3.62. The number of ether oxygens (including phenoxy) is 1. The maximum absolute atomic E-state index is 13.7. The van der Waals surface area contributed by atoms with Gasteiger partial charge in [-0.3, -0.25) is 4.79 Å². The summed E-state index contributed by atoms with van der Waals surface area (Å²) >= 11 is 0. The van der Waals surface area contributed by atoms with Gasteiger partial charge in [0.2, 0.25) is 0 Å². The van der Waals surface area contributed by atoms with Gasteiger partial charge in [-0.1, -0.05) is 18.2 Å². The minimum absolute atomic E-state index is 0.0500. The predicted octanol–water partition coefficient (Wildman–Crippen LogP) is 6.50. The van der Waals surface area contributed by atoms with Crippen molar-refractivity contribution in [2.75, 3.05) is 0 Å². The summed E-state index contributed by atoms with van der Waals surface area (Å²) in [7, 11) is 0. The van der Waals surface area contributed by atoms with Crippen molar-refractivity contribution in [3.8, 4) is 5.75 Å². The van der Waals surface area contributed by atoms with E-state index in [2.05, 4.69) is 0 Å². The lowest BCUT2D eigenvalue weighted by atomic mass is 9.97. The van der Waals surface area contributed by atoms with Crippen LogP contribution in [0.2, 0.25) is 0 Å². The van der Waals surface area contributed by atoms with Crippen LogP contribution in [0.5, 0.6) is 5.75 Å². The first kappa shape index (κ1) is 29.5. The molecule has 0 saturated heterocycles. The van der Waals surface area contributed by atoms with Gasteiger partial charge in [-0.05, 0) is 47.3 Å². The smallest absolute Gasteiger partial charge is 0.416 e. The zero-order chi connectivity index (χ0) is 29.3. The second kappa shape index (κ2) is 10.6. The number of rotatable bonds is 7. The minimum atomic E-state index is -6.10. The number of alkyl halides is 9. The molecular formula is C24H15F10NO4. The molecular weight excluding hydrogens is 556 g/mol. The first-order chi connectivity index (χ1) is 17.9. The molecule has 210 valence electrons. The standard InChI is InChI=1S/C24H15F10NO4/c25-14-6-8-15-12(9-14)3-7-16(18(15)39-10-11-1-4-13(5-2-11)22(26,27)28)20(36)35-17(21(37)38)19(23(29,30)31)24(32,33)34/h1-9,17,19H,10H2,(H,35,36)(H,37,38). The summed E-state index contributed by atoms with van der Waals surface area (Å²) in [6.07, 6.45) is -16.8. The van der Waals surface area contributed by atoms with E-state index in [9.17, 15) is 53.5 Å². The molecule has 1 atom stereocenters. The Morgan fingerprint density at radius 1 is 0.846 bits per heavy atom. The highest BCUT2D eigenvalue weighted by molar-refractivity contribution is 6.05. The minimum Gasteiger partial charge on any atom is -0.487 e. The number of amides is 1. The molecule has 0 aromatic heterocycles. The maximum atomic E-state index is 13.7. The molecule has 15 heteroatoms. The zero-order valence-corrected chi connectivity index (χ0v) is 19.0. The Morgan fingerprint density at radius 3 is 1.95 bits per heavy atom. The molecule has 0 aliphatic heterocycles. The van der Waals surface area contributed by atoms with E-state index in [-0.39, 0.29) is 16.3 Å². The Hall–Kier alpha value is -4.04. The molecule has 1 unspecified atom stereocenters. The van der Waals surface area contributed by atoms with Gasteiger partial charge >= 0.3 is 24.5 Å². The number of hydrogen-bond acceptors (Lipinski definition) is 3. The largest absolute Gasteiger partial charge is 0.487 e. The van der Waals surface area contributed by atoms with E-state index in [0.717, 1.165) is 54.6 Å². The molecule has 0 saturated carbocycles. The molecule has 0 spiro atoms. The molecule has 3 aromatic carbocycles. The van der Waals surface area contributed by atoms with E-state index in [4.69, 9.17) is 9.84 Å². The SMILES string of the molecule is O=C(NC(C(=O)O)C(C(F)(F)F)C(F)(F)F)c1ccc2cc(F)ccc2c1OCc1ccc(C(F)(F)F)cc1. The van der Waals surface area contributed by atoms with Gasteiger partial charge in [0.15, 0.2) is 5.92 Å². The summed E-state index contributed by atoms with van der Waals surface area (Å²) in [6, 6.07) is 4.87. The van der Waals surface area contributed by atoms with E-state index in [1.807, 2.05) is 0 Å². The number of nitrogens with one attached hydrogen (secondary N) is 1. The van der Waals surface area contributed by atoms with Gasteiger partial charge in [-0.2, -0.15) is 39.5 Å². The molecule has 1 amide bonds. The summed E-state index contributed by atoms with van der Waals surface area (Å²) < 4.78 is 136. The molecule has 0 aliphatic carbocycles. The number of aliphatic carboxylic acids is 1. The van der Waals surface area contributed by atoms with Crippen LogP contribution in [0.15, 0.2) is 54.6 Å². The van der Waals surface area contributed by atoms with Gasteiger partial charge in [0.05, 0.1) is 11.1 Å². The van der Waals surface area contributed by atoms with Crippen molar-refractivity contribution >= 4 is 22.6 Å². The third kappa shape index (κ3) is 6.89. The summed E-state index contributed by atoms with van der Waals surface area (Å²) in [6.45, 7) is -0.537. The van der Waals surface area contributed by atoms with Gasteiger partial charge in [-0.15, -0.1) is 0 Å². The Morgan fingerprint density at radius 2 is 1.44 bits per heavy atom. The van der Waals surface area contributed by atoms with Crippen molar-refractivity contribution in [2.45, 2.75) is 31.2 Å². The number of carbonyl (C=O) groups excluding carboxylic acids is 1. The van der Waals surface area contributed by atoms with E-state index in [1.165, 1.54) is 5.32 Å². The third-order valence-corrected chi connectivity index (χ3v) is 5.43. The molecule has 0 bridgehead atoms. The van der Waals surface area contributed by atoms with Gasteiger partial charge in [0.25, 0.3) is 5.91 Å². The number of carboxylic acids is 1. The Labute approximate surface area is 212 Å². The second-order valence-corrected chi connectivity index (χ2v) is 8.14. The quantitative estimate of drug-likeness (QED) is 0.318. The molecule has 3 rings (SSSR count). The van der Waals surface area contributed by atoms with Crippen LogP contribution in [0.1, 0.15) is 21.5 Å². The fraction of sp³-hybridized carbons (Fsp3) is 0.250. The van der Waals surface area contributed by atoms with Crippen molar-refractivity contribution in [1.82, 2.24) is 5.32 Å². The summed E-state index contributed by atoms with van der Waals surface area (Å²) in [5.41, 5.74) is -1.59. The number of carboxylic acid groups (broad SMARTS) is 1. The molecule has 3 aromatic rings. The first-order valence-corrected chi connectivity index (χ1v) is 10.6. The highest BCUT2D eigenvalue weighted by atomic mass is 19.4. The van der Waals surface area contributed by atoms with Crippen molar-refractivity contribution in [2.24, 2.45) is 5.92 Å². The fourth-order valence-electron chi connectivity index (χ4n) is 3.62. The van der Waals surface area contributed by atoms with Crippen LogP contribution in [0.4, 0.5) is 43.9 Å². The van der Waals surface area contributed by atoms with Crippen molar-refractivity contribution in [1.29, 1.82) is 0 Å². The molecule has 5 nitrogen and oxygen atoms in total. The normalized spacial score (nSPS) is 13.4. The van der Waals surface area contributed by atoms with Crippen LogP contribution in [-0.4, -0.2) is 35.4 Å². The second-order valence-electron chi connectivity index (χ2n) is 8.14. The summed E-state index contributed by atoms with van der Waals surface area (Å²) in [4.78, 5) is 24.2. The number of hydrogen-bond donors (Lipinski definition) is 2. The topological polar surface area (TPSA) is 75.6 Å². The van der Waals surface area contributed by atoms with Gasteiger partial charge in [-0.25, -0.2) is 9.18 Å². The Bertz CT molecular complexity index is 1350. The van der Waals surface area contributed by atoms with Crippen LogP contribution in [-0.2, 0) is 17.6 Å². The predicted molar refractivity (Wildman–Crippen MR) is 114 cm³/mol. The lowest BCUT2D eigenvalue weighted by Crippen LogP contribution is -2.56. The van der Waals surface area contributed by atoms with E-state index < -0.39 is 71.7 Å². The lowest BCUT2D eigenvalue weighted by molar-refractivity contribution is -0.290. The van der Waals surface area contributed by atoms with Crippen LogP contribution < -0.4 is 10.1 Å². The number of carbonyl (C=O) groups is 2. The van der Waals surface area contributed by atoms with Gasteiger partial charge in [0, 0.05) is 5.39 Å². The Balaban J connectivity index is 2.01. The van der Waals surface area contributed by atoms with E-state index in [1.54, 1.807) is 0 Å². The highest BCUT2D eigenvalue weighted by Gasteiger charge is 2.62. The van der Waals surface area contributed by atoms with E-state index in [0.29, 0.717) is 0 Å². The number of benzene rings is 3. The van der Waals surface area contributed by atoms with Crippen LogP contribution in [0.25, 0.3) is 10.8 Å². The monoisotopic (exact) mass is 571 g/mol. The highest BCUT2D eigenvalue weighted by Crippen LogP contribution is 2.42. The van der Waals surface area contributed by atoms with Crippen molar-refractivity contribution in [3.05, 3.63) is 77.1 Å². The van der Waals surface area contributed by atoms with Crippen LogP contribution in [0.3, 0.4) is 0 Å². The molecule has 39 heavy (non-hydrogen) atoms. The average molecular weight is 571 g/mol. The van der Waals surface area contributed by atoms with Gasteiger partial charge in [0.1, 0.15) is 24.2 Å². The summed E-state index contributed by atoms with van der Waals surface area (Å²) in [5.74, 6) is -10.0. The van der Waals surface area contributed by atoms with E-state index >= 15 is 0 Å². The molecule has 2 N–H and O–H groups in total. The lowest BCUT2D eigenvalue weighted by Gasteiger charge is -2.28. The molecule has 0 aliphatic rings. The van der Waals surface area contributed by atoms with Crippen molar-refractivity contribution in [3.63, 3.8) is 0 Å². The number of halogens is 10. The van der Waals surface area contributed by atoms with Crippen LogP contribution >= 0.6 is 0 Å². The summed E-state index contributed by atoms with van der Waals surface area (Å²) in [5, 5.41) is 10.4. The zero-order valence-electron chi connectivity index (χ0n) is 19.0. The average Bonchev–Trinajstić information content (AvgIpc) is 2.79. The maximum Gasteiger partial charge on any atom is 0.416 e. The van der Waals surface area contributed by atoms with Gasteiger partial charge < -0.3 is 15.2 Å². The first-order valence-electron chi connectivity index (χ1n) is 10.6. The third-order valence-electron chi connectivity index (χ3n) is 5.43. The number of fused-ring (bicyclic) bond motifs is 1. The van der Waals surface area contributed by atoms with Crippen molar-refractivity contribution < 1.29 is 63.3 Å². The molecule has 0 fully saturated rings.